The zero-order valence-corrected chi connectivity index (χ0v) is 10.5. The molecular weight excluding hydrogens is 212 g/mol. The second-order valence-corrected chi connectivity index (χ2v) is 5.63. The molecule has 0 bridgehead atoms. The molecule has 0 unspecified atom stereocenters. The summed E-state index contributed by atoms with van der Waals surface area (Å²) in [5, 5.41) is 3.51. The van der Waals surface area contributed by atoms with E-state index in [0.717, 1.165) is 23.1 Å². The predicted octanol–water partition coefficient (Wildman–Crippen LogP) is 2.46. The van der Waals surface area contributed by atoms with E-state index in [1.807, 2.05) is 6.92 Å². The highest BCUT2D eigenvalue weighted by atomic mass is 15.1. The van der Waals surface area contributed by atoms with E-state index in [9.17, 15) is 0 Å². The smallest absolute Gasteiger partial charge is 0.136 e. The summed E-state index contributed by atoms with van der Waals surface area (Å²) in [6, 6.07) is 0.574. The van der Waals surface area contributed by atoms with Crippen molar-refractivity contribution in [3.63, 3.8) is 0 Å². The highest BCUT2D eigenvalue weighted by molar-refractivity contribution is 5.55. The molecule has 0 saturated heterocycles. The number of nitrogens with one attached hydrogen (secondary N) is 1. The van der Waals surface area contributed by atoms with Crippen LogP contribution in [-0.4, -0.2) is 16.0 Å². The number of anilines is 2. The van der Waals surface area contributed by atoms with Crippen molar-refractivity contribution in [3.8, 4) is 0 Å². The van der Waals surface area contributed by atoms with Crippen molar-refractivity contribution >= 4 is 11.6 Å². The van der Waals surface area contributed by atoms with Crippen LogP contribution >= 0.6 is 0 Å². The number of nitrogen functional groups attached to an aromatic ring is 1. The summed E-state index contributed by atoms with van der Waals surface area (Å²) in [5.41, 5.74) is 6.95. The van der Waals surface area contributed by atoms with Gasteiger partial charge >= 0.3 is 0 Å². The van der Waals surface area contributed by atoms with Gasteiger partial charge in [0.05, 0.1) is 0 Å². The van der Waals surface area contributed by atoms with Crippen LogP contribution in [0.2, 0.25) is 0 Å². The molecule has 3 N–H and O–H groups in total. The average molecular weight is 232 g/mol. The maximum Gasteiger partial charge on any atom is 0.136 e. The minimum absolute atomic E-state index is 0.554. The van der Waals surface area contributed by atoms with E-state index < -0.39 is 0 Å². The molecule has 17 heavy (non-hydrogen) atoms. The Morgan fingerprint density at radius 3 is 2.53 bits per heavy atom. The molecule has 1 aromatic rings. The van der Waals surface area contributed by atoms with Gasteiger partial charge in [0, 0.05) is 17.5 Å². The van der Waals surface area contributed by atoms with E-state index >= 15 is 0 Å². The molecule has 2 aliphatic rings. The molecule has 0 aromatic carbocycles. The molecule has 0 aliphatic heterocycles. The maximum atomic E-state index is 5.96. The molecule has 4 heteroatoms. The number of nitrogens with zero attached hydrogens (tertiary/aromatic N) is 2. The van der Waals surface area contributed by atoms with Gasteiger partial charge in [0.1, 0.15) is 17.5 Å². The number of aromatic nitrogens is 2. The Hall–Kier alpha value is -1.32. The maximum absolute atomic E-state index is 5.96. The summed E-state index contributed by atoms with van der Waals surface area (Å²) >= 11 is 0. The van der Waals surface area contributed by atoms with Crippen molar-refractivity contribution in [1.29, 1.82) is 0 Å². The first-order valence-corrected chi connectivity index (χ1v) is 6.54. The molecule has 3 rings (SSSR count). The fourth-order valence-electron chi connectivity index (χ4n) is 2.43. The molecule has 0 amide bonds. The van der Waals surface area contributed by atoms with Gasteiger partial charge in [-0.2, -0.15) is 0 Å². The van der Waals surface area contributed by atoms with E-state index in [1.54, 1.807) is 0 Å². The van der Waals surface area contributed by atoms with Crippen molar-refractivity contribution in [1.82, 2.24) is 9.97 Å². The topological polar surface area (TPSA) is 63.8 Å². The largest absolute Gasteiger partial charge is 0.383 e. The zero-order valence-electron chi connectivity index (χ0n) is 10.5. The molecule has 2 fully saturated rings. The van der Waals surface area contributed by atoms with Crippen LogP contribution in [0.15, 0.2) is 0 Å². The lowest BCUT2D eigenvalue weighted by Gasteiger charge is -2.34. The van der Waals surface area contributed by atoms with Crippen molar-refractivity contribution in [2.24, 2.45) is 5.92 Å². The highest BCUT2D eigenvalue weighted by Gasteiger charge is 2.29. The Balaban J connectivity index is 1.81. The van der Waals surface area contributed by atoms with Crippen molar-refractivity contribution in [2.45, 2.75) is 51.5 Å². The number of hydrogen-bond acceptors (Lipinski definition) is 4. The number of hydrogen-bond donors (Lipinski definition) is 2. The standard InChI is InChI=1S/C13H20N4/c1-7-5-10(6-7)15-12-8(2)11(14)16-13(17-12)9-3-4-9/h7,9-10H,3-6H2,1-2H3,(H3,14,15,16,17). The van der Waals surface area contributed by atoms with Gasteiger partial charge in [-0.3, -0.25) is 0 Å². The number of nitrogens with two attached hydrogens (primary N) is 1. The van der Waals surface area contributed by atoms with Crippen molar-refractivity contribution in [3.05, 3.63) is 11.4 Å². The van der Waals surface area contributed by atoms with Crippen LogP contribution < -0.4 is 11.1 Å². The van der Waals surface area contributed by atoms with Crippen LogP contribution in [-0.2, 0) is 0 Å². The van der Waals surface area contributed by atoms with Crippen LogP contribution in [0.4, 0.5) is 11.6 Å². The lowest BCUT2D eigenvalue weighted by Crippen LogP contribution is -2.34. The summed E-state index contributed by atoms with van der Waals surface area (Å²) in [6.45, 7) is 4.28. The quantitative estimate of drug-likeness (QED) is 0.840. The third kappa shape index (κ3) is 2.08. The van der Waals surface area contributed by atoms with Crippen molar-refractivity contribution in [2.75, 3.05) is 11.1 Å². The molecule has 0 atom stereocenters. The molecular formula is C13H20N4. The van der Waals surface area contributed by atoms with Gasteiger partial charge in [-0.15, -0.1) is 0 Å². The molecule has 0 spiro atoms. The van der Waals surface area contributed by atoms with E-state index in [2.05, 4.69) is 22.2 Å². The summed E-state index contributed by atoms with van der Waals surface area (Å²) in [6.07, 6.45) is 4.90. The van der Waals surface area contributed by atoms with Crippen LogP contribution in [0.3, 0.4) is 0 Å². The first-order chi connectivity index (χ1) is 8.13. The molecule has 2 aliphatic carbocycles. The minimum atomic E-state index is 0.554. The second-order valence-electron chi connectivity index (χ2n) is 5.63. The molecule has 2 saturated carbocycles. The third-order valence-corrected chi connectivity index (χ3v) is 3.86. The van der Waals surface area contributed by atoms with Gasteiger partial charge in [-0.1, -0.05) is 6.92 Å². The van der Waals surface area contributed by atoms with Crippen LogP contribution in [0.25, 0.3) is 0 Å². The minimum Gasteiger partial charge on any atom is -0.383 e. The van der Waals surface area contributed by atoms with Gasteiger partial charge < -0.3 is 11.1 Å². The lowest BCUT2D eigenvalue weighted by atomic mass is 9.82. The summed E-state index contributed by atoms with van der Waals surface area (Å²) in [5.74, 6) is 3.92. The van der Waals surface area contributed by atoms with Gasteiger partial charge in [-0.05, 0) is 38.5 Å². The summed E-state index contributed by atoms with van der Waals surface area (Å²) in [7, 11) is 0. The summed E-state index contributed by atoms with van der Waals surface area (Å²) < 4.78 is 0. The second kappa shape index (κ2) is 3.86. The SMILES string of the molecule is Cc1c(N)nc(C2CC2)nc1NC1CC(C)C1. The van der Waals surface area contributed by atoms with E-state index in [-0.39, 0.29) is 0 Å². The van der Waals surface area contributed by atoms with E-state index in [0.29, 0.717) is 17.8 Å². The van der Waals surface area contributed by atoms with Crippen molar-refractivity contribution < 1.29 is 0 Å². The Bertz CT molecular complexity index is 433. The Kier molecular flexibility index (Phi) is 2.45. The third-order valence-electron chi connectivity index (χ3n) is 3.86. The first-order valence-electron chi connectivity index (χ1n) is 6.54. The fourth-order valence-corrected chi connectivity index (χ4v) is 2.43. The fraction of sp³-hybridized carbons (Fsp3) is 0.692. The van der Waals surface area contributed by atoms with E-state index in [1.165, 1.54) is 25.7 Å². The monoisotopic (exact) mass is 232 g/mol. The highest BCUT2D eigenvalue weighted by Crippen LogP contribution is 2.39. The van der Waals surface area contributed by atoms with Crippen LogP contribution in [0, 0.1) is 12.8 Å². The molecule has 1 aromatic heterocycles. The molecule has 92 valence electrons. The number of rotatable bonds is 3. The van der Waals surface area contributed by atoms with Gasteiger partial charge in [0.2, 0.25) is 0 Å². The summed E-state index contributed by atoms with van der Waals surface area (Å²) in [4.78, 5) is 9.03. The molecule has 0 radical (unpaired) electrons. The van der Waals surface area contributed by atoms with Gasteiger partial charge in [-0.25, -0.2) is 9.97 Å². The average Bonchev–Trinajstić information content (AvgIpc) is 3.05. The Labute approximate surface area is 102 Å². The van der Waals surface area contributed by atoms with Gasteiger partial charge in [0.15, 0.2) is 0 Å². The predicted molar refractivity (Wildman–Crippen MR) is 69.0 cm³/mol. The normalized spacial score (nSPS) is 27.6. The molecule has 1 heterocycles. The zero-order chi connectivity index (χ0) is 12.0. The van der Waals surface area contributed by atoms with Crippen LogP contribution in [0.1, 0.15) is 49.9 Å². The Morgan fingerprint density at radius 2 is 1.94 bits per heavy atom. The van der Waals surface area contributed by atoms with Gasteiger partial charge in [0.25, 0.3) is 0 Å². The van der Waals surface area contributed by atoms with E-state index in [4.69, 9.17) is 5.73 Å². The first kappa shape index (κ1) is 10.8. The lowest BCUT2D eigenvalue weighted by molar-refractivity contribution is 0.308. The Morgan fingerprint density at radius 1 is 1.24 bits per heavy atom. The molecule has 4 nitrogen and oxygen atoms in total. The van der Waals surface area contributed by atoms with Crippen LogP contribution in [0.5, 0.6) is 0 Å².